The molecule has 0 aliphatic carbocycles. The van der Waals surface area contributed by atoms with Crippen molar-refractivity contribution in [1.29, 1.82) is 0 Å². The molecular weight excluding hydrogens is 267 g/mol. The molecule has 1 atom stereocenters. The van der Waals surface area contributed by atoms with Gasteiger partial charge in [-0.05, 0) is 43.7 Å². The van der Waals surface area contributed by atoms with Gasteiger partial charge in [0.25, 0.3) is 0 Å². The van der Waals surface area contributed by atoms with Crippen molar-refractivity contribution < 1.29 is 17.9 Å². The van der Waals surface area contributed by atoms with Crippen LogP contribution in [-0.4, -0.2) is 0 Å². The van der Waals surface area contributed by atoms with Gasteiger partial charge in [0.1, 0.15) is 17.4 Å². The number of aryl methyl sites for hydroxylation is 1. The number of hydrogen-bond acceptors (Lipinski definition) is 2. The lowest BCUT2D eigenvalue weighted by Crippen LogP contribution is -2.08. The standard InChI is InChI=1S/C15H14F3NO/c1-8-5-14(11(9(2)19)7-13(8)18)20-15-6-10(16)3-4-12(15)17/h3-7,9H,19H2,1-2H3. The van der Waals surface area contributed by atoms with E-state index in [9.17, 15) is 13.2 Å². The minimum atomic E-state index is -0.705. The first-order valence-corrected chi connectivity index (χ1v) is 6.07. The van der Waals surface area contributed by atoms with E-state index in [2.05, 4.69) is 0 Å². The largest absolute Gasteiger partial charge is 0.454 e. The first-order chi connectivity index (χ1) is 9.38. The van der Waals surface area contributed by atoms with Crippen molar-refractivity contribution >= 4 is 0 Å². The van der Waals surface area contributed by atoms with Gasteiger partial charge in [0.05, 0.1) is 0 Å². The number of halogens is 3. The maximum absolute atomic E-state index is 13.6. The molecule has 0 heterocycles. The van der Waals surface area contributed by atoms with Crippen LogP contribution in [0.15, 0.2) is 30.3 Å². The quantitative estimate of drug-likeness (QED) is 0.914. The Bertz CT molecular complexity index is 641. The minimum Gasteiger partial charge on any atom is -0.454 e. The van der Waals surface area contributed by atoms with Crippen LogP contribution in [0.3, 0.4) is 0 Å². The summed E-state index contributed by atoms with van der Waals surface area (Å²) in [5, 5.41) is 0. The normalized spacial score (nSPS) is 12.3. The Labute approximate surface area is 115 Å². The summed E-state index contributed by atoms with van der Waals surface area (Å²) in [5.41, 5.74) is 6.46. The van der Waals surface area contributed by atoms with E-state index in [1.807, 2.05) is 0 Å². The highest BCUT2D eigenvalue weighted by atomic mass is 19.1. The first kappa shape index (κ1) is 14.4. The lowest BCUT2D eigenvalue weighted by atomic mass is 10.1. The van der Waals surface area contributed by atoms with E-state index in [4.69, 9.17) is 10.5 Å². The number of ether oxygens (including phenoxy) is 1. The summed E-state index contributed by atoms with van der Waals surface area (Å²) in [6.45, 7) is 3.20. The molecule has 5 heteroatoms. The summed E-state index contributed by atoms with van der Waals surface area (Å²) >= 11 is 0. The zero-order valence-corrected chi connectivity index (χ0v) is 11.1. The highest BCUT2D eigenvalue weighted by Crippen LogP contribution is 2.32. The molecule has 2 N–H and O–H groups in total. The molecule has 0 bridgehead atoms. The highest BCUT2D eigenvalue weighted by molar-refractivity contribution is 5.43. The van der Waals surface area contributed by atoms with Crippen molar-refractivity contribution in [3.05, 3.63) is 58.9 Å². The van der Waals surface area contributed by atoms with E-state index in [0.29, 0.717) is 11.1 Å². The molecule has 20 heavy (non-hydrogen) atoms. The second kappa shape index (κ2) is 5.54. The molecular formula is C15H14F3NO. The Morgan fingerprint density at radius 2 is 1.70 bits per heavy atom. The molecule has 0 saturated carbocycles. The van der Waals surface area contributed by atoms with E-state index < -0.39 is 23.5 Å². The average Bonchev–Trinajstić information content (AvgIpc) is 2.37. The van der Waals surface area contributed by atoms with Gasteiger partial charge in [0.2, 0.25) is 0 Å². The van der Waals surface area contributed by atoms with Crippen LogP contribution < -0.4 is 10.5 Å². The molecule has 106 valence electrons. The summed E-state index contributed by atoms with van der Waals surface area (Å²) < 4.78 is 45.6. The number of nitrogens with two attached hydrogens (primary N) is 1. The van der Waals surface area contributed by atoms with Gasteiger partial charge < -0.3 is 10.5 Å². The molecule has 1 unspecified atom stereocenters. The molecule has 2 rings (SSSR count). The van der Waals surface area contributed by atoms with Crippen LogP contribution in [0.1, 0.15) is 24.1 Å². The van der Waals surface area contributed by atoms with Crippen molar-refractivity contribution in [2.45, 2.75) is 19.9 Å². The van der Waals surface area contributed by atoms with E-state index in [1.54, 1.807) is 13.8 Å². The average molecular weight is 281 g/mol. The van der Waals surface area contributed by atoms with Gasteiger partial charge in [-0.25, -0.2) is 13.2 Å². The maximum atomic E-state index is 13.6. The van der Waals surface area contributed by atoms with Gasteiger partial charge in [-0.2, -0.15) is 0 Å². The predicted octanol–water partition coefficient (Wildman–Crippen LogP) is 4.22. The van der Waals surface area contributed by atoms with E-state index in [1.165, 1.54) is 12.1 Å². The Morgan fingerprint density at radius 1 is 1.00 bits per heavy atom. The Kier molecular flexibility index (Phi) is 3.99. The number of benzene rings is 2. The molecule has 0 fully saturated rings. The lowest BCUT2D eigenvalue weighted by Gasteiger charge is -2.15. The van der Waals surface area contributed by atoms with Gasteiger partial charge in [0, 0.05) is 17.7 Å². The van der Waals surface area contributed by atoms with Crippen LogP contribution in [-0.2, 0) is 0 Å². The molecule has 0 aliphatic heterocycles. The Balaban J connectivity index is 2.47. The molecule has 0 saturated heterocycles. The molecule has 2 aromatic rings. The fourth-order valence-electron chi connectivity index (χ4n) is 1.79. The van der Waals surface area contributed by atoms with Crippen LogP contribution in [0, 0.1) is 24.4 Å². The molecule has 0 aromatic heterocycles. The Morgan fingerprint density at radius 3 is 2.35 bits per heavy atom. The third kappa shape index (κ3) is 2.93. The van der Waals surface area contributed by atoms with Gasteiger partial charge in [-0.15, -0.1) is 0 Å². The topological polar surface area (TPSA) is 35.2 Å². The lowest BCUT2D eigenvalue weighted by molar-refractivity contribution is 0.427. The molecule has 0 aliphatic rings. The van der Waals surface area contributed by atoms with Crippen molar-refractivity contribution in [3.8, 4) is 11.5 Å². The first-order valence-electron chi connectivity index (χ1n) is 6.07. The summed E-state index contributed by atoms with van der Waals surface area (Å²) in [6.07, 6.45) is 0. The molecule has 0 spiro atoms. The summed E-state index contributed by atoms with van der Waals surface area (Å²) in [6, 6.07) is 5.04. The third-order valence-corrected chi connectivity index (χ3v) is 2.89. The van der Waals surface area contributed by atoms with E-state index in [-0.39, 0.29) is 11.5 Å². The molecule has 2 aromatic carbocycles. The number of hydrogen-bond donors (Lipinski definition) is 1. The fraction of sp³-hybridized carbons (Fsp3) is 0.200. The fourth-order valence-corrected chi connectivity index (χ4v) is 1.79. The minimum absolute atomic E-state index is 0.211. The van der Waals surface area contributed by atoms with Gasteiger partial charge >= 0.3 is 0 Å². The molecule has 2 nitrogen and oxygen atoms in total. The van der Waals surface area contributed by atoms with Gasteiger partial charge in [0.15, 0.2) is 11.6 Å². The van der Waals surface area contributed by atoms with Crippen LogP contribution in [0.4, 0.5) is 13.2 Å². The third-order valence-electron chi connectivity index (χ3n) is 2.89. The zero-order chi connectivity index (χ0) is 14.9. The monoisotopic (exact) mass is 281 g/mol. The number of rotatable bonds is 3. The predicted molar refractivity (Wildman–Crippen MR) is 70.2 cm³/mol. The summed E-state index contributed by atoms with van der Waals surface area (Å²) in [5.74, 6) is -1.81. The van der Waals surface area contributed by atoms with Crippen molar-refractivity contribution in [1.82, 2.24) is 0 Å². The van der Waals surface area contributed by atoms with Crippen molar-refractivity contribution in [3.63, 3.8) is 0 Å². The van der Waals surface area contributed by atoms with Gasteiger partial charge in [-0.3, -0.25) is 0 Å². The summed E-state index contributed by atoms with van der Waals surface area (Å²) in [4.78, 5) is 0. The van der Waals surface area contributed by atoms with Crippen molar-refractivity contribution in [2.24, 2.45) is 5.73 Å². The van der Waals surface area contributed by atoms with E-state index >= 15 is 0 Å². The van der Waals surface area contributed by atoms with Crippen LogP contribution in [0.5, 0.6) is 11.5 Å². The van der Waals surface area contributed by atoms with E-state index in [0.717, 1.165) is 18.2 Å². The Hall–Kier alpha value is -2.01. The highest BCUT2D eigenvalue weighted by Gasteiger charge is 2.15. The van der Waals surface area contributed by atoms with Crippen molar-refractivity contribution in [2.75, 3.05) is 0 Å². The zero-order valence-electron chi connectivity index (χ0n) is 11.1. The second-order valence-electron chi connectivity index (χ2n) is 4.60. The van der Waals surface area contributed by atoms with Crippen LogP contribution >= 0.6 is 0 Å². The van der Waals surface area contributed by atoms with Crippen LogP contribution in [0.25, 0.3) is 0 Å². The van der Waals surface area contributed by atoms with Gasteiger partial charge in [-0.1, -0.05) is 0 Å². The SMILES string of the molecule is Cc1cc(Oc2cc(F)ccc2F)c(C(C)N)cc1F. The smallest absolute Gasteiger partial charge is 0.165 e. The summed E-state index contributed by atoms with van der Waals surface area (Å²) in [7, 11) is 0. The molecule has 0 amide bonds. The van der Waals surface area contributed by atoms with Crippen LogP contribution in [0.2, 0.25) is 0 Å². The maximum Gasteiger partial charge on any atom is 0.165 e. The molecule has 0 radical (unpaired) electrons. The second-order valence-corrected chi connectivity index (χ2v) is 4.60.